The van der Waals surface area contributed by atoms with Gasteiger partial charge in [-0.15, -0.1) is 0 Å². The first-order chi connectivity index (χ1) is 14.9. The SMILES string of the molecule is O=C(Cc1ccccc1)[C@@](O)(Cc1ccccc1)[C@](O)(Cc1ccccc1)[C@H](O)CO. The van der Waals surface area contributed by atoms with Crippen molar-refractivity contribution in [1.29, 1.82) is 0 Å². The fraction of sp³-hybridized carbons (Fsp3) is 0.269. The Kier molecular flexibility index (Phi) is 7.36. The van der Waals surface area contributed by atoms with Gasteiger partial charge in [0.1, 0.15) is 11.7 Å². The lowest BCUT2D eigenvalue weighted by atomic mass is 9.68. The Hall–Kier alpha value is -2.83. The largest absolute Gasteiger partial charge is 0.394 e. The Labute approximate surface area is 182 Å². The van der Waals surface area contributed by atoms with Crippen LogP contribution in [0.25, 0.3) is 0 Å². The van der Waals surface area contributed by atoms with E-state index in [-0.39, 0.29) is 19.3 Å². The molecule has 3 aromatic rings. The van der Waals surface area contributed by atoms with Gasteiger partial charge in [-0.25, -0.2) is 0 Å². The van der Waals surface area contributed by atoms with Gasteiger partial charge in [0.2, 0.25) is 0 Å². The number of ketones is 1. The van der Waals surface area contributed by atoms with Gasteiger partial charge in [-0.3, -0.25) is 4.79 Å². The van der Waals surface area contributed by atoms with Gasteiger partial charge in [0.25, 0.3) is 0 Å². The smallest absolute Gasteiger partial charge is 0.172 e. The summed E-state index contributed by atoms with van der Waals surface area (Å²) in [5, 5.41) is 43.9. The highest BCUT2D eigenvalue weighted by atomic mass is 16.4. The number of aliphatic hydroxyl groups excluding tert-OH is 2. The number of carbonyl (C=O) groups is 1. The predicted molar refractivity (Wildman–Crippen MR) is 118 cm³/mol. The minimum atomic E-state index is -2.35. The summed E-state index contributed by atoms with van der Waals surface area (Å²) < 4.78 is 0. The van der Waals surface area contributed by atoms with Crippen LogP contribution in [0.1, 0.15) is 16.7 Å². The third-order valence-electron chi connectivity index (χ3n) is 5.73. The molecule has 0 unspecified atom stereocenters. The summed E-state index contributed by atoms with van der Waals surface area (Å²) in [5.74, 6) is -0.631. The predicted octanol–water partition coefficient (Wildman–Crippen LogP) is 2.10. The third kappa shape index (κ3) is 5.09. The zero-order valence-electron chi connectivity index (χ0n) is 17.3. The number of hydrogen-bond donors (Lipinski definition) is 4. The molecule has 0 bridgehead atoms. The zero-order chi connectivity index (χ0) is 22.3. The maximum absolute atomic E-state index is 13.5. The first-order valence-electron chi connectivity index (χ1n) is 10.3. The first-order valence-corrected chi connectivity index (χ1v) is 10.3. The van der Waals surface area contributed by atoms with Crippen molar-refractivity contribution in [3.63, 3.8) is 0 Å². The molecule has 0 aliphatic rings. The molecule has 0 radical (unpaired) electrons. The van der Waals surface area contributed by atoms with Gasteiger partial charge < -0.3 is 20.4 Å². The molecule has 0 saturated carbocycles. The van der Waals surface area contributed by atoms with Crippen LogP contribution < -0.4 is 0 Å². The van der Waals surface area contributed by atoms with Crippen LogP contribution in [-0.4, -0.2) is 50.1 Å². The molecule has 4 N–H and O–H groups in total. The van der Waals surface area contributed by atoms with E-state index in [0.29, 0.717) is 16.7 Å². The summed E-state index contributed by atoms with van der Waals surface area (Å²) >= 11 is 0. The molecule has 3 aromatic carbocycles. The second-order valence-corrected chi connectivity index (χ2v) is 7.89. The van der Waals surface area contributed by atoms with Gasteiger partial charge in [-0.05, 0) is 16.7 Å². The van der Waals surface area contributed by atoms with Gasteiger partial charge >= 0.3 is 0 Å². The van der Waals surface area contributed by atoms with Crippen molar-refractivity contribution in [2.45, 2.75) is 36.6 Å². The third-order valence-corrected chi connectivity index (χ3v) is 5.73. The fourth-order valence-electron chi connectivity index (χ4n) is 3.91. The standard InChI is InChI=1S/C26H28O5/c27-19-24(29)26(31,18-22-14-8-3-9-15-22)25(30,17-21-12-6-2-7-13-21)23(28)16-20-10-4-1-5-11-20/h1-15,24,27,29-31H,16-19H2/t24-,25+,26+/m1/s1. The molecule has 0 heterocycles. The van der Waals surface area contributed by atoms with E-state index in [1.807, 2.05) is 18.2 Å². The van der Waals surface area contributed by atoms with Crippen LogP contribution in [0.15, 0.2) is 91.0 Å². The molecule has 0 saturated heterocycles. The Morgan fingerprint density at radius 3 is 1.58 bits per heavy atom. The van der Waals surface area contributed by atoms with E-state index in [9.17, 15) is 25.2 Å². The highest BCUT2D eigenvalue weighted by Crippen LogP contribution is 2.35. The lowest BCUT2D eigenvalue weighted by molar-refractivity contribution is -0.209. The lowest BCUT2D eigenvalue weighted by Gasteiger charge is -2.45. The average Bonchev–Trinajstić information content (AvgIpc) is 2.80. The van der Waals surface area contributed by atoms with Crippen LogP contribution in [0.3, 0.4) is 0 Å². The monoisotopic (exact) mass is 420 g/mol. The van der Waals surface area contributed by atoms with Crippen molar-refractivity contribution in [3.8, 4) is 0 Å². The van der Waals surface area contributed by atoms with Crippen molar-refractivity contribution in [1.82, 2.24) is 0 Å². The summed E-state index contributed by atoms with van der Waals surface area (Å²) in [4.78, 5) is 13.5. The van der Waals surface area contributed by atoms with Crippen molar-refractivity contribution in [2.75, 3.05) is 6.61 Å². The molecule has 3 rings (SSSR count). The molecule has 0 fully saturated rings. The van der Waals surface area contributed by atoms with E-state index in [1.54, 1.807) is 72.8 Å². The molecule has 0 aromatic heterocycles. The molecule has 0 aliphatic heterocycles. The van der Waals surface area contributed by atoms with E-state index in [0.717, 1.165) is 0 Å². The highest BCUT2D eigenvalue weighted by molar-refractivity contribution is 5.91. The van der Waals surface area contributed by atoms with Crippen LogP contribution >= 0.6 is 0 Å². The van der Waals surface area contributed by atoms with E-state index in [2.05, 4.69) is 0 Å². The Balaban J connectivity index is 2.07. The van der Waals surface area contributed by atoms with Crippen LogP contribution in [0, 0.1) is 0 Å². The van der Waals surface area contributed by atoms with Crippen molar-refractivity contribution in [2.24, 2.45) is 0 Å². The maximum atomic E-state index is 13.5. The van der Waals surface area contributed by atoms with Crippen LogP contribution in [0.2, 0.25) is 0 Å². The molecule has 5 heteroatoms. The second kappa shape index (κ2) is 9.98. The minimum absolute atomic E-state index is 0.126. The molecular weight excluding hydrogens is 392 g/mol. The Bertz CT molecular complexity index is 961. The van der Waals surface area contributed by atoms with Crippen LogP contribution in [0.4, 0.5) is 0 Å². The molecule has 0 amide bonds. The number of Topliss-reactive ketones (excluding diaryl/α,β-unsaturated/α-hetero) is 1. The lowest BCUT2D eigenvalue weighted by Crippen LogP contribution is -2.68. The van der Waals surface area contributed by atoms with E-state index >= 15 is 0 Å². The molecular formula is C26H28O5. The number of hydrogen-bond acceptors (Lipinski definition) is 5. The van der Waals surface area contributed by atoms with E-state index < -0.39 is 29.7 Å². The Morgan fingerprint density at radius 2 is 1.13 bits per heavy atom. The molecule has 5 nitrogen and oxygen atoms in total. The molecule has 31 heavy (non-hydrogen) atoms. The summed E-state index contributed by atoms with van der Waals surface area (Å²) in [6.07, 6.45) is -2.28. The van der Waals surface area contributed by atoms with Gasteiger partial charge in [-0.2, -0.15) is 0 Å². The summed E-state index contributed by atoms with van der Waals surface area (Å²) in [7, 11) is 0. The summed E-state index contributed by atoms with van der Waals surface area (Å²) in [5.41, 5.74) is -2.73. The van der Waals surface area contributed by atoms with E-state index in [4.69, 9.17) is 0 Å². The summed E-state index contributed by atoms with van der Waals surface area (Å²) in [6.45, 7) is -0.806. The normalized spacial score (nSPS) is 16.1. The highest BCUT2D eigenvalue weighted by Gasteiger charge is 2.57. The van der Waals surface area contributed by atoms with Crippen molar-refractivity contribution < 1.29 is 25.2 Å². The fourth-order valence-corrected chi connectivity index (χ4v) is 3.91. The molecule has 3 atom stereocenters. The molecule has 162 valence electrons. The number of carbonyl (C=O) groups excluding carboxylic acids is 1. The van der Waals surface area contributed by atoms with Crippen molar-refractivity contribution >= 4 is 5.78 Å². The number of benzene rings is 3. The van der Waals surface area contributed by atoms with Gasteiger partial charge in [-0.1, -0.05) is 91.0 Å². The number of rotatable bonds is 10. The minimum Gasteiger partial charge on any atom is -0.394 e. The second-order valence-electron chi connectivity index (χ2n) is 7.89. The quantitative estimate of drug-likeness (QED) is 0.403. The number of aliphatic hydroxyl groups is 4. The molecule has 0 aliphatic carbocycles. The van der Waals surface area contributed by atoms with Crippen molar-refractivity contribution in [3.05, 3.63) is 108 Å². The summed E-state index contributed by atoms with van der Waals surface area (Å²) in [6, 6.07) is 26.6. The van der Waals surface area contributed by atoms with Gasteiger partial charge in [0, 0.05) is 19.3 Å². The zero-order valence-corrected chi connectivity index (χ0v) is 17.3. The average molecular weight is 421 g/mol. The van der Waals surface area contributed by atoms with E-state index in [1.165, 1.54) is 0 Å². The first kappa shape index (κ1) is 22.8. The van der Waals surface area contributed by atoms with Gasteiger partial charge in [0.15, 0.2) is 11.4 Å². The maximum Gasteiger partial charge on any atom is 0.172 e. The Morgan fingerprint density at radius 1 is 0.710 bits per heavy atom. The molecule has 0 spiro atoms. The van der Waals surface area contributed by atoms with Crippen LogP contribution in [-0.2, 0) is 24.1 Å². The topological polar surface area (TPSA) is 98.0 Å². The van der Waals surface area contributed by atoms with Crippen LogP contribution in [0.5, 0.6) is 0 Å². The van der Waals surface area contributed by atoms with Gasteiger partial charge in [0.05, 0.1) is 6.61 Å².